The van der Waals surface area contributed by atoms with Crippen molar-refractivity contribution in [2.24, 2.45) is 0 Å². The summed E-state index contributed by atoms with van der Waals surface area (Å²) in [6.07, 6.45) is 0.951. The van der Waals surface area contributed by atoms with Crippen LogP contribution in [0.3, 0.4) is 0 Å². The molecule has 0 aliphatic carbocycles. The van der Waals surface area contributed by atoms with Crippen molar-refractivity contribution in [3.05, 3.63) is 27.9 Å². The largest absolute Gasteiger partial charge is 0.496 e. The summed E-state index contributed by atoms with van der Waals surface area (Å²) in [6, 6.07) is 3.96. The van der Waals surface area contributed by atoms with E-state index >= 15 is 0 Å². The molecule has 19 heavy (non-hydrogen) atoms. The van der Waals surface area contributed by atoms with Crippen LogP contribution in [0.2, 0.25) is 0 Å². The Hall–Kier alpha value is -1.29. The Labute approximate surface area is 122 Å². The number of fused-ring (bicyclic) bond motifs is 1. The number of nitrogens with zero attached hydrogens (tertiary/aromatic N) is 1. The molecule has 0 spiro atoms. The molecule has 0 saturated heterocycles. The standard InChI is InChI=1S/C15H19BrN2O/c1-5-10-9(3)18-15-11(16)7-8-12(19-4)13(15)14(10)17-6-2/h7-8H,5-6H2,1-4H3,(H,17,18). The van der Waals surface area contributed by atoms with E-state index in [9.17, 15) is 0 Å². The maximum absolute atomic E-state index is 5.51. The minimum atomic E-state index is 0.858. The van der Waals surface area contributed by atoms with Crippen molar-refractivity contribution in [3.8, 4) is 5.75 Å². The highest BCUT2D eigenvalue weighted by Gasteiger charge is 2.16. The predicted octanol–water partition coefficient (Wildman–Crippen LogP) is 4.31. The molecule has 0 saturated carbocycles. The van der Waals surface area contributed by atoms with Gasteiger partial charge in [-0.25, -0.2) is 0 Å². The Balaban J connectivity index is 2.92. The van der Waals surface area contributed by atoms with Gasteiger partial charge < -0.3 is 10.1 Å². The van der Waals surface area contributed by atoms with Gasteiger partial charge in [0.15, 0.2) is 0 Å². The van der Waals surface area contributed by atoms with Gasteiger partial charge in [-0.1, -0.05) is 6.92 Å². The van der Waals surface area contributed by atoms with E-state index in [4.69, 9.17) is 9.72 Å². The van der Waals surface area contributed by atoms with Crippen molar-refractivity contribution >= 4 is 32.5 Å². The summed E-state index contributed by atoms with van der Waals surface area (Å²) in [5, 5.41) is 4.53. The highest BCUT2D eigenvalue weighted by atomic mass is 79.9. The number of hydrogen-bond acceptors (Lipinski definition) is 3. The quantitative estimate of drug-likeness (QED) is 0.910. The van der Waals surface area contributed by atoms with E-state index in [0.29, 0.717) is 0 Å². The van der Waals surface area contributed by atoms with E-state index in [2.05, 4.69) is 42.0 Å². The smallest absolute Gasteiger partial charge is 0.130 e. The molecular formula is C15H19BrN2O. The molecule has 1 aromatic heterocycles. The Morgan fingerprint density at radius 2 is 2.05 bits per heavy atom. The number of halogens is 1. The zero-order valence-electron chi connectivity index (χ0n) is 11.8. The van der Waals surface area contributed by atoms with Gasteiger partial charge in [0.25, 0.3) is 0 Å². The summed E-state index contributed by atoms with van der Waals surface area (Å²) in [6.45, 7) is 7.19. The van der Waals surface area contributed by atoms with E-state index in [1.54, 1.807) is 7.11 Å². The zero-order valence-corrected chi connectivity index (χ0v) is 13.4. The van der Waals surface area contributed by atoms with Crippen molar-refractivity contribution in [3.63, 3.8) is 0 Å². The lowest BCUT2D eigenvalue weighted by atomic mass is 10.0. The van der Waals surface area contributed by atoms with Crippen LogP contribution < -0.4 is 10.1 Å². The normalized spacial score (nSPS) is 10.8. The first-order valence-electron chi connectivity index (χ1n) is 6.53. The molecule has 0 fully saturated rings. The first-order chi connectivity index (χ1) is 9.13. The molecule has 0 amide bonds. The molecule has 1 aromatic carbocycles. The average Bonchev–Trinajstić information content (AvgIpc) is 2.40. The maximum Gasteiger partial charge on any atom is 0.130 e. The van der Waals surface area contributed by atoms with Crippen molar-refractivity contribution < 1.29 is 4.74 Å². The van der Waals surface area contributed by atoms with Gasteiger partial charge in [-0.3, -0.25) is 4.98 Å². The third kappa shape index (κ3) is 2.41. The van der Waals surface area contributed by atoms with Crippen molar-refractivity contribution in [2.45, 2.75) is 27.2 Å². The first-order valence-corrected chi connectivity index (χ1v) is 7.32. The molecule has 4 heteroatoms. The number of nitrogens with one attached hydrogen (secondary N) is 1. The molecule has 0 bridgehead atoms. The Bertz CT molecular complexity index is 611. The second-order valence-corrected chi connectivity index (χ2v) is 5.26. The van der Waals surface area contributed by atoms with Gasteiger partial charge in [-0.15, -0.1) is 0 Å². The van der Waals surface area contributed by atoms with Gasteiger partial charge >= 0.3 is 0 Å². The third-order valence-electron chi connectivity index (χ3n) is 3.29. The summed E-state index contributed by atoms with van der Waals surface area (Å²) in [7, 11) is 1.70. The van der Waals surface area contributed by atoms with E-state index < -0.39 is 0 Å². The van der Waals surface area contributed by atoms with Crippen LogP contribution in [0.4, 0.5) is 5.69 Å². The minimum Gasteiger partial charge on any atom is -0.496 e. The number of pyridine rings is 1. The van der Waals surface area contributed by atoms with Crippen molar-refractivity contribution in [1.82, 2.24) is 4.98 Å². The monoisotopic (exact) mass is 322 g/mol. The SMILES string of the molecule is CCNc1c(CC)c(C)nc2c(Br)ccc(OC)c12. The summed E-state index contributed by atoms with van der Waals surface area (Å²) in [4.78, 5) is 4.73. The molecule has 0 unspecified atom stereocenters. The lowest BCUT2D eigenvalue weighted by molar-refractivity contribution is 0.420. The number of methoxy groups -OCH3 is 1. The van der Waals surface area contributed by atoms with Crippen LogP contribution in [0.25, 0.3) is 10.9 Å². The second kappa shape index (κ2) is 5.78. The lowest BCUT2D eigenvalue weighted by Crippen LogP contribution is -2.06. The average molecular weight is 323 g/mol. The van der Waals surface area contributed by atoms with Crippen LogP contribution in [0, 0.1) is 6.92 Å². The fourth-order valence-corrected chi connectivity index (χ4v) is 2.86. The number of benzene rings is 1. The Morgan fingerprint density at radius 3 is 2.63 bits per heavy atom. The molecule has 1 heterocycles. The van der Waals surface area contributed by atoms with Crippen LogP contribution in [-0.4, -0.2) is 18.6 Å². The Kier molecular flexibility index (Phi) is 4.30. The van der Waals surface area contributed by atoms with Crippen molar-refractivity contribution in [1.29, 1.82) is 0 Å². The van der Waals surface area contributed by atoms with Crippen LogP contribution >= 0.6 is 15.9 Å². The highest BCUT2D eigenvalue weighted by molar-refractivity contribution is 9.10. The van der Waals surface area contributed by atoms with Crippen LogP contribution in [-0.2, 0) is 6.42 Å². The van der Waals surface area contributed by atoms with Crippen LogP contribution in [0.15, 0.2) is 16.6 Å². The summed E-state index contributed by atoms with van der Waals surface area (Å²) < 4.78 is 6.50. The molecule has 102 valence electrons. The number of anilines is 1. The number of hydrogen-bond donors (Lipinski definition) is 1. The van der Waals surface area contributed by atoms with E-state index in [1.165, 1.54) is 5.56 Å². The van der Waals surface area contributed by atoms with Gasteiger partial charge in [0.2, 0.25) is 0 Å². The molecule has 1 N–H and O–H groups in total. The number of aryl methyl sites for hydroxylation is 1. The maximum atomic E-state index is 5.51. The predicted molar refractivity (Wildman–Crippen MR) is 84.3 cm³/mol. The van der Waals surface area contributed by atoms with Crippen LogP contribution in [0.1, 0.15) is 25.1 Å². The van der Waals surface area contributed by atoms with E-state index in [-0.39, 0.29) is 0 Å². The number of rotatable bonds is 4. The van der Waals surface area contributed by atoms with Gasteiger partial charge in [0.1, 0.15) is 5.75 Å². The molecule has 2 rings (SSSR count). The first kappa shape index (κ1) is 14.1. The number of aromatic nitrogens is 1. The van der Waals surface area contributed by atoms with Crippen LogP contribution in [0.5, 0.6) is 5.75 Å². The van der Waals surface area contributed by atoms with Gasteiger partial charge in [-0.05, 0) is 53.9 Å². The molecule has 0 aliphatic heterocycles. The Morgan fingerprint density at radius 1 is 1.32 bits per heavy atom. The summed E-state index contributed by atoms with van der Waals surface area (Å²) >= 11 is 3.58. The van der Waals surface area contributed by atoms with Gasteiger partial charge in [0, 0.05) is 16.7 Å². The number of ether oxygens (including phenoxy) is 1. The van der Waals surface area contributed by atoms with E-state index in [0.717, 1.165) is 45.5 Å². The summed E-state index contributed by atoms with van der Waals surface area (Å²) in [5.74, 6) is 0.858. The van der Waals surface area contributed by atoms with Gasteiger partial charge in [-0.2, -0.15) is 0 Å². The minimum absolute atomic E-state index is 0.858. The third-order valence-corrected chi connectivity index (χ3v) is 3.93. The topological polar surface area (TPSA) is 34.2 Å². The van der Waals surface area contributed by atoms with Crippen molar-refractivity contribution in [2.75, 3.05) is 19.0 Å². The summed E-state index contributed by atoms with van der Waals surface area (Å²) in [5.41, 5.74) is 4.42. The lowest BCUT2D eigenvalue weighted by Gasteiger charge is -2.18. The van der Waals surface area contributed by atoms with Gasteiger partial charge in [0.05, 0.1) is 23.7 Å². The molecule has 0 radical (unpaired) electrons. The molecule has 0 aliphatic rings. The fourth-order valence-electron chi connectivity index (χ4n) is 2.44. The molecular weight excluding hydrogens is 304 g/mol. The highest BCUT2D eigenvalue weighted by Crippen LogP contribution is 2.38. The molecule has 3 nitrogen and oxygen atoms in total. The zero-order chi connectivity index (χ0) is 14.0. The van der Waals surface area contributed by atoms with E-state index in [1.807, 2.05) is 12.1 Å². The molecule has 2 aromatic rings. The second-order valence-electron chi connectivity index (χ2n) is 4.41. The fraction of sp³-hybridized carbons (Fsp3) is 0.400. The molecule has 0 atom stereocenters.